The zero-order chi connectivity index (χ0) is 13.2. The Kier molecular flexibility index (Phi) is 3.50. The summed E-state index contributed by atoms with van der Waals surface area (Å²) < 4.78 is 19.5. The fourth-order valence-corrected chi connectivity index (χ4v) is 2.54. The van der Waals surface area contributed by atoms with Crippen molar-refractivity contribution in [1.29, 1.82) is 0 Å². The summed E-state index contributed by atoms with van der Waals surface area (Å²) in [6, 6.07) is 0.159. The molecule has 0 bridgehead atoms. The molecule has 5 nitrogen and oxygen atoms in total. The van der Waals surface area contributed by atoms with Crippen molar-refractivity contribution in [3.05, 3.63) is 12.0 Å². The molecule has 1 aliphatic heterocycles. The smallest absolute Gasteiger partial charge is 0.224 e. The summed E-state index contributed by atoms with van der Waals surface area (Å²) in [6.45, 7) is 3.40. The highest BCUT2D eigenvalue weighted by molar-refractivity contribution is 5.42. The summed E-state index contributed by atoms with van der Waals surface area (Å²) in [7, 11) is 0. The van der Waals surface area contributed by atoms with Gasteiger partial charge in [-0.25, -0.2) is 9.37 Å². The van der Waals surface area contributed by atoms with Crippen LogP contribution in [0.4, 0.5) is 16.2 Å². The number of anilines is 2. The van der Waals surface area contributed by atoms with Crippen molar-refractivity contribution in [3.8, 4) is 0 Å². The van der Waals surface area contributed by atoms with E-state index in [9.17, 15) is 4.39 Å². The number of rotatable bonds is 5. The quantitative estimate of drug-likeness (QED) is 0.854. The third-order valence-corrected chi connectivity index (χ3v) is 3.62. The second-order valence-corrected chi connectivity index (χ2v) is 5.13. The topological polar surface area (TPSA) is 59.1 Å². The Hall–Kier alpha value is -1.43. The minimum Gasteiger partial charge on any atom is -0.376 e. The third kappa shape index (κ3) is 2.78. The van der Waals surface area contributed by atoms with Crippen LogP contribution >= 0.6 is 0 Å². The number of halogens is 1. The molecule has 0 spiro atoms. The Balaban J connectivity index is 1.72. The Morgan fingerprint density at radius 3 is 3.00 bits per heavy atom. The average molecular weight is 266 g/mol. The van der Waals surface area contributed by atoms with E-state index in [0.29, 0.717) is 18.4 Å². The van der Waals surface area contributed by atoms with Gasteiger partial charge in [0.1, 0.15) is 0 Å². The van der Waals surface area contributed by atoms with Crippen LogP contribution in [0.3, 0.4) is 0 Å². The number of hydrogen-bond donors (Lipinski definition) is 2. The van der Waals surface area contributed by atoms with Gasteiger partial charge in [-0.3, -0.25) is 0 Å². The molecule has 1 aromatic rings. The lowest BCUT2D eigenvalue weighted by molar-refractivity contribution is 0.0897. The van der Waals surface area contributed by atoms with Gasteiger partial charge in [0.15, 0.2) is 11.6 Å². The summed E-state index contributed by atoms with van der Waals surface area (Å²) in [5.74, 6) is 0.946. The van der Waals surface area contributed by atoms with Crippen molar-refractivity contribution in [2.45, 2.75) is 38.3 Å². The fraction of sp³-hybridized carbons (Fsp3) is 0.692. The summed E-state index contributed by atoms with van der Waals surface area (Å²) >= 11 is 0. The van der Waals surface area contributed by atoms with E-state index in [-0.39, 0.29) is 18.0 Å². The van der Waals surface area contributed by atoms with Crippen LogP contribution in [0.5, 0.6) is 0 Å². The number of ether oxygens (including phenoxy) is 1. The molecule has 2 unspecified atom stereocenters. The van der Waals surface area contributed by atoms with Gasteiger partial charge in [0.25, 0.3) is 0 Å². The Morgan fingerprint density at radius 2 is 2.26 bits per heavy atom. The summed E-state index contributed by atoms with van der Waals surface area (Å²) in [5, 5.41) is 6.17. The van der Waals surface area contributed by atoms with E-state index < -0.39 is 5.82 Å². The van der Waals surface area contributed by atoms with Crippen LogP contribution in [0.15, 0.2) is 6.20 Å². The molecule has 1 saturated heterocycles. The van der Waals surface area contributed by atoms with Crippen LogP contribution in [0.25, 0.3) is 0 Å². The van der Waals surface area contributed by atoms with E-state index in [1.807, 2.05) is 6.92 Å². The first kappa shape index (κ1) is 12.6. The molecule has 1 aromatic heterocycles. The van der Waals surface area contributed by atoms with E-state index in [4.69, 9.17) is 4.74 Å². The molecule has 3 rings (SSSR count). The molecule has 2 atom stereocenters. The lowest BCUT2D eigenvalue weighted by Gasteiger charge is -2.20. The van der Waals surface area contributed by atoms with Crippen LogP contribution < -0.4 is 10.6 Å². The number of nitrogens with zero attached hydrogens (tertiary/aromatic N) is 2. The zero-order valence-corrected chi connectivity index (χ0v) is 11.0. The standard InChI is InChI=1S/C13H19FN4O/c1-2-15-13-16-7-9(14)12(18-13)17-10-5-6-19-11(10)8-3-4-8/h7-8,10-11H,2-6H2,1H3,(H2,15,16,17,18). The van der Waals surface area contributed by atoms with Gasteiger partial charge in [-0.15, -0.1) is 0 Å². The van der Waals surface area contributed by atoms with Gasteiger partial charge in [0.2, 0.25) is 5.95 Å². The number of aromatic nitrogens is 2. The first-order valence-corrected chi connectivity index (χ1v) is 6.92. The monoisotopic (exact) mass is 266 g/mol. The van der Waals surface area contributed by atoms with Gasteiger partial charge in [0, 0.05) is 13.2 Å². The molecule has 1 aliphatic carbocycles. The van der Waals surface area contributed by atoms with E-state index in [2.05, 4.69) is 20.6 Å². The molecule has 2 N–H and O–H groups in total. The average Bonchev–Trinajstić information content (AvgIpc) is 3.14. The molecule has 0 amide bonds. The molecule has 0 radical (unpaired) electrons. The second kappa shape index (κ2) is 5.28. The predicted octanol–water partition coefficient (Wildman–Crippen LogP) is 2.03. The predicted molar refractivity (Wildman–Crippen MR) is 70.6 cm³/mol. The molecule has 1 saturated carbocycles. The normalized spacial score (nSPS) is 26.4. The molecular weight excluding hydrogens is 247 g/mol. The molecular formula is C13H19FN4O. The maximum Gasteiger partial charge on any atom is 0.224 e. The van der Waals surface area contributed by atoms with Crippen molar-refractivity contribution in [1.82, 2.24) is 9.97 Å². The van der Waals surface area contributed by atoms with Crippen molar-refractivity contribution < 1.29 is 9.13 Å². The minimum absolute atomic E-state index is 0.159. The van der Waals surface area contributed by atoms with Gasteiger partial charge in [-0.05, 0) is 32.1 Å². The maximum absolute atomic E-state index is 13.8. The summed E-state index contributed by atoms with van der Waals surface area (Å²) in [6.07, 6.45) is 4.75. The summed E-state index contributed by atoms with van der Waals surface area (Å²) in [5.41, 5.74) is 0. The van der Waals surface area contributed by atoms with Crippen molar-refractivity contribution >= 4 is 11.8 Å². The Bertz CT molecular complexity index is 452. The molecule has 2 aliphatic rings. The lowest BCUT2D eigenvalue weighted by Crippen LogP contribution is -2.31. The molecule has 0 aromatic carbocycles. The fourth-order valence-electron chi connectivity index (χ4n) is 2.54. The molecule has 2 fully saturated rings. The SMILES string of the molecule is CCNc1ncc(F)c(NC2CCOC2C2CC2)n1. The molecule has 19 heavy (non-hydrogen) atoms. The maximum atomic E-state index is 13.8. The van der Waals surface area contributed by atoms with Crippen LogP contribution in [0, 0.1) is 11.7 Å². The molecule has 104 valence electrons. The van der Waals surface area contributed by atoms with Crippen LogP contribution in [-0.4, -0.2) is 35.3 Å². The minimum atomic E-state index is -0.414. The van der Waals surface area contributed by atoms with Gasteiger partial charge in [0.05, 0.1) is 18.3 Å². The number of nitrogens with one attached hydrogen (secondary N) is 2. The lowest BCUT2D eigenvalue weighted by atomic mass is 10.1. The first-order chi connectivity index (χ1) is 9.28. The van der Waals surface area contributed by atoms with Gasteiger partial charge >= 0.3 is 0 Å². The van der Waals surface area contributed by atoms with E-state index in [1.165, 1.54) is 19.0 Å². The molecule has 2 heterocycles. The van der Waals surface area contributed by atoms with Crippen molar-refractivity contribution in [3.63, 3.8) is 0 Å². The van der Waals surface area contributed by atoms with Crippen LogP contribution in [-0.2, 0) is 4.74 Å². The highest BCUT2D eigenvalue weighted by Crippen LogP contribution is 2.39. The first-order valence-electron chi connectivity index (χ1n) is 6.92. The van der Waals surface area contributed by atoms with Gasteiger partial charge < -0.3 is 15.4 Å². The zero-order valence-electron chi connectivity index (χ0n) is 11.0. The number of hydrogen-bond acceptors (Lipinski definition) is 5. The van der Waals surface area contributed by atoms with E-state index in [0.717, 1.165) is 13.0 Å². The van der Waals surface area contributed by atoms with E-state index in [1.54, 1.807) is 0 Å². The third-order valence-electron chi connectivity index (χ3n) is 3.62. The summed E-state index contributed by atoms with van der Waals surface area (Å²) in [4.78, 5) is 8.08. The second-order valence-electron chi connectivity index (χ2n) is 5.13. The highest BCUT2D eigenvalue weighted by atomic mass is 19.1. The van der Waals surface area contributed by atoms with Crippen LogP contribution in [0.1, 0.15) is 26.2 Å². The molecule has 6 heteroatoms. The van der Waals surface area contributed by atoms with Crippen molar-refractivity contribution in [2.24, 2.45) is 5.92 Å². The Morgan fingerprint density at radius 1 is 1.42 bits per heavy atom. The van der Waals surface area contributed by atoms with Crippen LogP contribution in [0.2, 0.25) is 0 Å². The highest BCUT2D eigenvalue weighted by Gasteiger charge is 2.40. The Labute approximate surface area is 112 Å². The van der Waals surface area contributed by atoms with E-state index >= 15 is 0 Å². The largest absolute Gasteiger partial charge is 0.376 e. The van der Waals surface area contributed by atoms with Gasteiger partial charge in [-0.1, -0.05) is 0 Å². The van der Waals surface area contributed by atoms with Crippen molar-refractivity contribution in [2.75, 3.05) is 23.8 Å². The van der Waals surface area contributed by atoms with Gasteiger partial charge in [-0.2, -0.15) is 4.98 Å².